The lowest BCUT2D eigenvalue weighted by molar-refractivity contribution is -0.117. The standard InChI is InChI=1S/C21H19N3O6/c25-20(22-13-3-1-12(2-4-13)21(26)23-27)10-24-6-5-14-15-7-17-18(29-11-28-17)8-16(15)30-19(14)9-24/h1-4,7-8,27H,5-6,9-11H2,(H,22,25)(H,23,26). The van der Waals surface area contributed by atoms with Gasteiger partial charge in [-0.1, -0.05) is 0 Å². The molecule has 0 bridgehead atoms. The maximum atomic E-state index is 12.4. The number of hydrogen-bond donors (Lipinski definition) is 3. The summed E-state index contributed by atoms with van der Waals surface area (Å²) in [5.41, 5.74) is 4.36. The van der Waals surface area contributed by atoms with Crippen molar-refractivity contribution in [1.29, 1.82) is 0 Å². The molecule has 0 spiro atoms. The predicted molar refractivity (Wildman–Crippen MR) is 106 cm³/mol. The number of nitrogens with one attached hydrogen (secondary N) is 2. The summed E-state index contributed by atoms with van der Waals surface area (Å²) in [4.78, 5) is 25.8. The van der Waals surface area contributed by atoms with Gasteiger partial charge < -0.3 is 19.2 Å². The van der Waals surface area contributed by atoms with Gasteiger partial charge in [0.05, 0.1) is 13.1 Å². The maximum absolute atomic E-state index is 12.4. The highest BCUT2D eigenvalue weighted by atomic mass is 16.7. The van der Waals surface area contributed by atoms with Gasteiger partial charge in [-0.05, 0) is 36.8 Å². The fourth-order valence-electron chi connectivity index (χ4n) is 3.85. The molecule has 2 aromatic carbocycles. The lowest BCUT2D eigenvalue weighted by Crippen LogP contribution is -2.36. The van der Waals surface area contributed by atoms with Crippen LogP contribution in [-0.4, -0.2) is 41.8 Å². The molecule has 0 unspecified atom stereocenters. The average Bonchev–Trinajstić information content (AvgIpc) is 3.34. The van der Waals surface area contributed by atoms with E-state index in [1.807, 2.05) is 17.0 Å². The first-order valence-corrected chi connectivity index (χ1v) is 9.51. The van der Waals surface area contributed by atoms with E-state index in [0.717, 1.165) is 41.0 Å². The second-order valence-electron chi connectivity index (χ2n) is 7.23. The number of furan rings is 1. The molecule has 0 aliphatic carbocycles. The van der Waals surface area contributed by atoms with Crippen molar-refractivity contribution in [2.75, 3.05) is 25.2 Å². The minimum absolute atomic E-state index is 0.158. The Bertz CT molecular complexity index is 1140. The second-order valence-corrected chi connectivity index (χ2v) is 7.23. The van der Waals surface area contributed by atoms with Crippen molar-refractivity contribution in [3.05, 3.63) is 53.3 Å². The molecule has 0 radical (unpaired) electrons. The molecule has 0 saturated carbocycles. The van der Waals surface area contributed by atoms with Crippen LogP contribution in [0.5, 0.6) is 11.5 Å². The summed E-state index contributed by atoms with van der Waals surface area (Å²) in [6.07, 6.45) is 0.778. The first kappa shape index (κ1) is 18.5. The Morgan fingerprint density at radius 2 is 1.87 bits per heavy atom. The Balaban J connectivity index is 1.24. The molecule has 9 nitrogen and oxygen atoms in total. The van der Waals surface area contributed by atoms with Crippen molar-refractivity contribution in [3.63, 3.8) is 0 Å². The number of hydrogen-bond acceptors (Lipinski definition) is 7. The number of carbonyl (C=O) groups excluding carboxylic acids is 2. The van der Waals surface area contributed by atoms with Crippen LogP contribution in [0.15, 0.2) is 40.8 Å². The molecule has 5 rings (SSSR count). The van der Waals surface area contributed by atoms with Gasteiger partial charge in [-0.3, -0.25) is 19.7 Å². The molecule has 3 N–H and O–H groups in total. The normalized spacial score (nSPS) is 15.1. The van der Waals surface area contributed by atoms with E-state index in [0.29, 0.717) is 23.5 Å². The zero-order chi connectivity index (χ0) is 20.7. The molecule has 3 aromatic rings. The van der Waals surface area contributed by atoms with Gasteiger partial charge in [-0.25, -0.2) is 5.48 Å². The first-order chi connectivity index (χ1) is 14.6. The van der Waals surface area contributed by atoms with Crippen molar-refractivity contribution in [2.24, 2.45) is 0 Å². The molecule has 0 atom stereocenters. The van der Waals surface area contributed by atoms with Crippen molar-refractivity contribution >= 4 is 28.5 Å². The number of benzene rings is 2. The van der Waals surface area contributed by atoms with Crippen molar-refractivity contribution in [2.45, 2.75) is 13.0 Å². The Labute approximate surface area is 171 Å². The van der Waals surface area contributed by atoms with Crippen molar-refractivity contribution in [3.8, 4) is 11.5 Å². The third kappa shape index (κ3) is 3.34. The highest BCUT2D eigenvalue weighted by Gasteiger charge is 2.26. The molecule has 0 saturated heterocycles. The Hall–Kier alpha value is -3.56. The Morgan fingerprint density at radius 1 is 1.10 bits per heavy atom. The van der Waals surface area contributed by atoms with Crippen LogP contribution >= 0.6 is 0 Å². The monoisotopic (exact) mass is 409 g/mol. The molecule has 2 aliphatic rings. The number of hydroxylamine groups is 1. The summed E-state index contributed by atoms with van der Waals surface area (Å²) >= 11 is 0. The molecular weight excluding hydrogens is 390 g/mol. The molecule has 30 heavy (non-hydrogen) atoms. The lowest BCUT2D eigenvalue weighted by atomic mass is 10.0. The Morgan fingerprint density at radius 3 is 2.63 bits per heavy atom. The number of nitrogens with zero attached hydrogens (tertiary/aromatic N) is 1. The largest absolute Gasteiger partial charge is 0.459 e. The summed E-state index contributed by atoms with van der Waals surface area (Å²) in [7, 11) is 0. The Kier molecular flexibility index (Phi) is 4.53. The quantitative estimate of drug-likeness (QED) is 0.447. The van der Waals surface area contributed by atoms with Crippen LogP contribution < -0.4 is 20.3 Å². The zero-order valence-corrected chi connectivity index (χ0v) is 15.9. The lowest BCUT2D eigenvalue weighted by Gasteiger charge is -2.25. The molecule has 2 amide bonds. The predicted octanol–water partition coefficient (Wildman–Crippen LogP) is 2.28. The van der Waals surface area contributed by atoms with Gasteiger partial charge in [0.15, 0.2) is 11.5 Å². The van der Waals surface area contributed by atoms with Gasteiger partial charge >= 0.3 is 0 Å². The van der Waals surface area contributed by atoms with E-state index in [2.05, 4.69) is 5.32 Å². The number of anilines is 1. The van der Waals surface area contributed by atoms with E-state index in [4.69, 9.17) is 19.1 Å². The number of ether oxygens (including phenoxy) is 2. The maximum Gasteiger partial charge on any atom is 0.274 e. The van der Waals surface area contributed by atoms with Crippen LogP contribution in [-0.2, 0) is 17.8 Å². The van der Waals surface area contributed by atoms with Gasteiger partial charge in [-0.15, -0.1) is 0 Å². The summed E-state index contributed by atoms with van der Waals surface area (Å²) in [5.74, 6) is 1.51. The molecule has 2 aliphatic heterocycles. The molecule has 154 valence electrons. The third-order valence-electron chi connectivity index (χ3n) is 5.31. The van der Waals surface area contributed by atoms with Gasteiger partial charge in [0.25, 0.3) is 5.91 Å². The highest BCUT2D eigenvalue weighted by Crippen LogP contribution is 2.40. The van der Waals surface area contributed by atoms with Gasteiger partial charge in [0.1, 0.15) is 11.3 Å². The summed E-state index contributed by atoms with van der Waals surface area (Å²) in [6.45, 7) is 1.72. The fraction of sp³-hybridized carbons (Fsp3) is 0.238. The summed E-state index contributed by atoms with van der Waals surface area (Å²) in [5, 5.41) is 12.5. The molecular formula is C21H19N3O6. The number of carbonyl (C=O) groups is 2. The van der Waals surface area contributed by atoms with E-state index < -0.39 is 5.91 Å². The van der Waals surface area contributed by atoms with E-state index in [1.165, 1.54) is 12.1 Å². The van der Waals surface area contributed by atoms with E-state index >= 15 is 0 Å². The molecule has 3 heterocycles. The molecule has 1 aromatic heterocycles. The van der Waals surface area contributed by atoms with Crippen LogP contribution in [0.25, 0.3) is 11.0 Å². The number of rotatable bonds is 4. The summed E-state index contributed by atoms with van der Waals surface area (Å²) in [6, 6.07) is 10.1. The topological polar surface area (TPSA) is 113 Å². The van der Waals surface area contributed by atoms with Gasteiger partial charge in [0.2, 0.25) is 12.7 Å². The molecule has 0 fully saturated rings. The van der Waals surface area contributed by atoms with Gasteiger partial charge in [-0.2, -0.15) is 0 Å². The van der Waals surface area contributed by atoms with Crippen molar-refractivity contribution in [1.82, 2.24) is 10.4 Å². The smallest absolute Gasteiger partial charge is 0.274 e. The number of amides is 2. The van der Waals surface area contributed by atoms with Crippen LogP contribution in [0, 0.1) is 0 Å². The van der Waals surface area contributed by atoms with Crippen LogP contribution in [0.1, 0.15) is 21.7 Å². The van der Waals surface area contributed by atoms with Crippen LogP contribution in [0.4, 0.5) is 5.69 Å². The highest BCUT2D eigenvalue weighted by molar-refractivity contribution is 5.95. The minimum atomic E-state index is -0.605. The van der Waals surface area contributed by atoms with Crippen LogP contribution in [0.3, 0.4) is 0 Å². The third-order valence-corrected chi connectivity index (χ3v) is 5.31. The zero-order valence-electron chi connectivity index (χ0n) is 15.9. The van der Waals surface area contributed by atoms with E-state index in [9.17, 15) is 9.59 Å². The SMILES string of the molecule is O=C(CN1CCc2c(oc3cc4c(cc23)OCO4)C1)Nc1ccc(C(=O)NO)cc1. The van der Waals surface area contributed by atoms with Crippen molar-refractivity contribution < 1.29 is 28.7 Å². The summed E-state index contributed by atoms with van der Waals surface area (Å²) < 4.78 is 16.9. The van der Waals surface area contributed by atoms with Gasteiger partial charge in [0, 0.05) is 34.8 Å². The fourth-order valence-corrected chi connectivity index (χ4v) is 3.85. The number of fused-ring (bicyclic) bond motifs is 4. The average molecular weight is 409 g/mol. The first-order valence-electron chi connectivity index (χ1n) is 9.51. The van der Waals surface area contributed by atoms with E-state index in [1.54, 1.807) is 17.6 Å². The second kappa shape index (κ2) is 7.36. The van der Waals surface area contributed by atoms with Crippen LogP contribution in [0.2, 0.25) is 0 Å². The minimum Gasteiger partial charge on any atom is -0.459 e. The molecule has 9 heteroatoms. The van der Waals surface area contributed by atoms with E-state index in [-0.39, 0.29) is 19.2 Å².